The maximum absolute atomic E-state index is 12.3. The van der Waals surface area contributed by atoms with Gasteiger partial charge in [0.05, 0.1) is 23.7 Å². The van der Waals surface area contributed by atoms with Crippen LogP contribution in [0.4, 0.5) is 0 Å². The lowest BCUT2D eigenvalue weighted by Gasteiger charge is -2.36. The van der Waals surface area contributed by atoms with Crippen LogP contribution < -0.4 is 0 Å². The average molecular weight is 302 g/mol. The molecule has 0 spiro atoms. The van der Waals surface area contributed by atoms with Gasteiger partial charge in [-0.05, 0) is 24.5 Å². The Morgan fingerprint density at radius 1 is 1.23 bits per heavy atom. The first-order valence-corrected chi connectivity index (χ1v) is 7.39. The Hall–Kier alpha value is -2.21. The maximum Gasteiger partial charge on any atom is 0.308 e. The van der Waals surface area contributed by atoms with E-state index < -0.39 is 11.9 Å². The van der Waals surface area contributed by atoms with Gasteiger partial charge in [-0.25, -0.2) is 0 Å². The Morgan fingerprint density at radius 2 is 1.82 bits per heavy atom. The second-order valence-corrected chi connectivity index (χ2v) is 6.01. The van der Waals surface area contributed by atoms with Gasteiger partial charge < -0.3 is 5.11 Å². The molecule has 1 saturated heterocycles. The molecule has 2 heterocycles. The molecule has 2 atom stereocenters. The molecule has 0 saturated carbocycles. The zero-order valence-corrected chi connectivity index (χ0v) is 12.4. The second kappa shape index (κ2) is 5.53. The summed E-state index contributed by atoms with van der Waals surface area (Å²) >= 11 is 0. The fraction of sp³-hybridized carbons (Fsp3) is 0.438. The van der Waals surface area contributed by atoms with Crippen molar-refractivity contribution in [2.45, 2.75) is 13.3 Å². The molecular formula is C16H18N2O4. The molecule has 0 aliphatic carbocycles. The summed E-state index contributed by atoms with van der Waals surface area (Å²) in [6.07, 6.45) is 0.750. The van der Waals surface area contributed by atoms with Crippen LogP contribution >= 0.6 is 0 Å². The highest BCUT2D eigenvalue weighted by molar-refractivity contribution is 6.21. The van der Waals surface area contributed by atoms with Crippen molar-refractivity contribution in [3.8, 4) is 0 Å². The Morgan fingerprint density at radius 3 is 2.36 bits per heavy atom. The number of hydrogen-bond donors (Lipinski definition) is 1. The van der Waals surface area contributed by atoms with E-state index in [1.54, 1.807) is 24.3 Å². The van der Waals surface area contributed by atoms with Gasteiger partial charge in [-0.1, -0.05) is 19.1 Å². The summed E-state index contributed by atoms with van der Waals surface area (Å²) in [6.45, 7) is 3.14. The fourth-order valence-corrected chi connectivity index (χ4v) is 3.15. The molecule has 1 N–H and O–H groups in total. The van der Waals surface area contributed by atoms with E-state index >= 15 is 0 Å². The van der Waals surface area contributed by atoms with Crippen molar-refractivity contribution in [3.63, 3.8) is 0 Å². The number of fused-ring (bicyclic) bond motifs is 1. The maximum atomic E-state index is 12.3. The Kier molecular flexibility index (Phi) is 3.70. The predicted octanol–water partition coefficient (Wildman–Crippen LogP) is 1.28. The monoisotopic (exact) mass is 302 g/mol. The van der Waals surface area contributed by atoms with Gasteiger partial charge in [-0.3, -0.25) is 24.2 Å². The van der Waals surface area contributed by atoms with Gasteiger partial charge in [0.25, 0.3) is 11.8 Å². The normalized spacial score (nSPS) is 25.4. The zero-order valence-electron chi connectivity index (χ0n) is 12.4. The largest absolute Gasteiger partial charge is 0.481 e. The first-order chi connectivity index (χ1) is 10.5. The molecule has 2 aliphatic rings. The summed E-state index contributed by atoms with van der Waals surface area (Å²) in [4.78, 5) is 39.0. The number of rotatable bonds is 3. The van der Waals surface area contributed by atoms with E-state index in [2.05, 4.69) is 0 Å². The minimum atomic E-state index is -0.820. The molecule has 3 rings (SSSR count). The van der Waals surface area contributed by atoms with Crippen LogP contribution in [0.3, 0.4) is 0 Å². The van der Waals surface area contributed by atoms with Crippen LogP contribution in [0.2, 0.25) is 0 Å². The minimum absolute atomic E-state index is 0.107. The number of piperidine rings is 1. The number of amides is 2. The van der Waals surface area contributed by atoms with E-state index in [1.807, 2.05) is 11.8 Å². The predicted molar refractivity (Wildman–Crippen MR) is 78.3 cm³/mol. The van der Waals surface area contributed by atoms with E-state index in [0.29, 0.717) is 24.2 Å². The number of carboxylic acid groups (broad SMARTS) is 1. The topological polar surface area (TPSA) is 77.9 Å². The number of nitrogens with zero attached hydrogens (tertiary/aromatic N) is 2. The number of benzene rings is 1. The summed E-state index contributed by atoms with van der Waals surface area (Å²) in [5, 5.41) is 9.26. The smallest absolute Gasteiger partial charge is 0.308 e. The molecule has 2 aliphatic heterocycles. The van der Waals surface area contributed by atoms with E-state index in [1.165, 1.54) is 4.90 Å². The van der Waals surface area contributed by atoms with Gasteiger partial charge in [0.2, 0.25) is 0 Å². The summed E-state index contributed by atoms with van der Waals surface area (Å²) in [5.41, 5.74) is 0.848. The number of hydrogen-bond acceptors (Lipinski definition) is 4. The molecule has 0 bridgehead atoms. The first kappa shape index (κ1) is 14.7. The van der Waals surface area contributed by atoms with Crippen LogP contribution in [0, 0.1) is 11.8 Å². The Labute approximate surface area is 128 Å². The SMILES string of the molecule is CC1CCN(CN2C(=O)c3ccccc3C2=O)CC1C(=O)O. The number of carbonyl (C=O) groups excluding carboxylic acids is 2. The van der Waals surface area contributed by atoms with Gasteiger partial charge in [-0.15, -0.1) is 0 Å². The highest BCUT2D eigenvalue weighted by Crippen LogP contribution is 2.26. The van der Waals surface area contributed by atoms with Crippen LogP contribution in [0.25, 0.3) is 0 Å². The molecule has 1 aromatic rings. The molecule has 1 aromatic carbocycles. The summed E-state index contributed by atoms with van der Waals surface area (Å²) < 4.78 is 0. The third kappa shape index (κ3) is 2.39. The molecule has 2 amide bonds. The number of likely N-dealkylation sites (tertiary alicyclic amines) is 1. The van der Waals surface area contributed by atoms with Gasteiger partial charge >= 0.3 is 5.97 Å². The summed E-state index contributed by atoms with van der Waals surface area (Å²) in [7, 11) is 0. The second-order valence-electron chi connectivity index (χ2n) is 6.01. The molecule has 0 radical (unpaired) electrons. The van der Waals surface area contributed by atoms with Gasteiger partial charge in [0, 0.05) is 13.1 Å². The van der Waals surface area contributed by atoms with Crippen molar-refractivity contribution in [3.05, 3.63) is 35.4 Å². The minimum Gasteiger partial charge on any atom is -0.481 e. The highest BCUT2D eigenvalue weighted by atomic mass is 16.4. The third-order valence-corrected chi connectivity index (χ3v) is 4.58. The Balaban J connectivity index is 1.74. The van der Waals surface area contributed by atoms with Crippen molar-refractivity contribution >= 4 is 17.8 Å². The fourth-order valence-electron chi connectivity index (χ4n) is 3.15. The van der Waals surface area contributed by atoms with Crippen LogP contribution in [-0.4, -0.2) is 52.4 Å². The van der Waals surface area contributed by atoms with Gasteiger partial charge in [0.15, 0.2) is 0 Å². The van der Waals surface area contributed by atoms with Crippen LogP contribution in [0.5, 0.6) is 0 Å². The van der Waals surface area contributed by atoms with Gasteiger partial charge in [0.1, 0.15) is 0 Å². The van der Waals surface area contributed by atoms with Crippen LogP contribution in [-0.2, 0) is 4.79 Å². The quantitative estimate of drug-likeness (QED) is 0.851. The zero-order chi connectivity index (χ0) is 15.9. The highest BCUT2D eigenvalue weighted by Gasteiger charge is 2.38. The van der Waals surface area contributed by atoms with E-state index in [-0.39, 0.29) is 24.4 Å². The first-order valence-electron chi connectivity index (χ1n) is 7.39. The van der Waals surface area contributed by atoms with E-state index in [4.69, 9.17) is 0 Å². The van der Waals surface area contributed by atoms with Crippen LogP contribution in [0.15, 0.2) is 24.3 Å². The van der Waals surface area contributed by atoms with Crippen LogP contribution in [0.1, 0.15) is 34.1 Å². The average Bonchev–Trinajstić information content (AvgIpc) is 2.74. The summed E-state index contributed by atoms with van der Waals surface area (Å²) in [6, 6.07) is 6.76. The van der Waals surface area contributed by atoms with Gasteiger partial charge in [-0.2, -0.15) is 0 Å². The molecular weight excluding hydrogens is 284 g/mol. The number of imide groups is 1. The molecule has 0 aromatic heterocycles. The van der Waals surface area contributed by atoms with Crippen molar-refractivity contribution in [2.24, 2.45) is 11.8 Å². The lowest BCUT2D eigenvalue weighted by atomic mass is 9.87. The van der Waals surface area contributed by atoms with Crippen molar-refractivity contribution in [2.75, 3.05) is 19.8 Å². The lowest BCUT2D eigenvalue weighted by molar-refractivity contribution is -0.145. The van der Waals surface area contributed by atoms with Crippen molar-refractivity contribution < 1.29 is 19.5 Å². The number of aliphatic carboxylic acids is 1. The number of carbonyl (C=O) groups is 3. The molecule has 1 fully saturated rings. The summed E-state index contributed by atoms with van der Waals surface area (Å²) in [5.74, 6) is -1.77. The van der Waals surface area contributed by atoms with E-state index in [9.17, 15) is 19.5 Å². The lowest BCUT2D eigenvalue weighted by Crippen LogP contribution is -2.48. The van der Waals surface area contributed by atoms with Crippen molar-refractivity contribution in [1.29, 1.82) is 0 Å². The van der Waals surface area contributed by atoms with Crippen molar-refractivity contribution in [1.82, 2.24) is 9.80 Å². The molecule has 22 heavy (non-hydrogen) atoms. The number of carboxylic acids is 1. The Bertz CT molecular complexity index is 608. The third-order valence-electron chi connectivity index (χ3n) is 4.58. The molecule has 116 valence electrons. The van der Waals surface area contributed by atoms with E-state index in [0.717, 1.165) is 6.42 Å². The molecule has 2 unspecified atom stereocenters. The standard InChI is InChI=1S/C16H18N2O4/c1-10-6-7-17(8-13(10)16(21)22)9-18-14(19)11-4-2-3-5-12(11)15(18)20/h2-5,10,13H,6-9H2,1H3,(H,21,22). The molecule has 6 heteroatoms. The molecule has 6 nitrogen and oxygen atoms in total.